The number of amides is 1. The largest absolute Gasteiger partial charge is 0.481 e. The molecule has 1 fully saturated rings. The Morgan fingerprint density at radius 2 is 2.28 bits per heavy atom. The molecule has 1 aromatic heterocycles. The maximum atomic E-state index is 12.0. The first-order valence-corrected chi connectivity index (χ1v) is 6.31. The van der Waals surface area contributed by atoms with Gasteiger partial charge in [0.05, 0.1) is 12.7 Å². The number of pyridine rings is 1. The lowest BCUT2D eigenvalue weighted by Gasteiger charge is -2.17. The van der Waals surface area contributed by atoms with E-state index < -0.39 is 0 Å². The smallest absolute Gasteiger partial charge is 0.253 e. The predicted octanol–water partition coefficient (Wildman–Crippen LogP) is 2.40. The molecule has 1 heterocycles. The van der Waals surface area contributed by atoms with Gasteiger partial charge in [0.15, 0.2) is 0 Å². The lowest BCUT2D eigenvalue weighted by molar-refractivity contribution is 0.0935. The quantitative estimate of drug-likeness (QED) is 0.893. The number of hydrogen-bond donors (Lipinski definition) is 1. The lowest BCUT2D eigenvalue weighted by atomic mass is 9.92. The summed E-state index contributed by atoms with van der Waals surface area (Å²) in [5.74, 6) is 0.474. The Bertz CT molecular complexity index is 426. The van der Waals surface area contributed by atoms with Crippen LogP contribution in [0.15, 0.2) is 18.3 Å². The molecule has 0 spiro atoms. The molecular weight excluding hydrogens is 228 g/mol. The molecule has 1 unspecified atom stereocenters. The van der Waals surface area contributed by atoms with Crippen molar-refractivity contribution in [2.75, 3.05) is 7.11 Å². The van der Waals surface area contributed by atoms with Crippen LogP contribution in [0, 0.1) is 5.41 Å². The van der Waals surface area contributed by atoms with Crippen molar-refractivity contribution in [3.63, 3.8) is 0 Å². The summed E-state index contributed by atoms with van der Waals surface area (Å²) < 4.78 is 4.97. The number of carbonyl (C=O) groups excluding carboxylic acids is 1. The molecule has 4 heteroatoms. The molecule has 4 nitrogen and oxygen atoms in total. The highest BCUT2D eigenvalue weighted by atomic mass is 16.5. The molecule has 1 aliphatic carbocycles. The topological polar surface area (TPSA) is 51.2 Å². The van der Waals surface area contributed by atoms with Gasteiger partial charge in [-0.2, -0.15) is 0 Å². The van der Waals surface area contributed by atoms with Gasteiger partial charge in [0.25, 0.3) is 5.91 Å². The minimum atomic E-state index is -0.0483. The SMILES string of the molecule is COc1ccc(C(=O)NC2CCC(C)(C)C2)cn1. The zero-order chi connectivity index (χ0) is 13.2. The average Bonchev–Trinajstić information content (AvgIpc) is 2.68. The van der Waals surface area contributed by atoms with Crippen molar-refractivity contribution in [3.8, 4) is 5.88 Å². The molecule has 1 saturated carbocycles. The van der Waals surface area contributed by atoms with Crippen LogP contribution < -0.4 is 10.1 Å². The highest BCUT2D eigenvalue weighted by Crippen LogP contribution is 2.36. The predicted molar refractivity (Wildman–Crippen MR) is 69.7 cm³/mol. The van der Waals surface area contributed by atoms with Gasteiger partial charge >= 0.3 is 0 Å². The van der Waals surface area contributed by atoms with Gasteiger partial charge in [0.2, 0.25) is 5.88 Å². The van der Waals surface area contributed by atoms with Crippen molar-refractivity contribution >= 4 is 5.91 Å². The number of aromatic nitrogens is 1. The van der Waals surface area contributed by atoms with E-state index in [-0.39, 0.29) is 11.9 Å². The Balaban J connectivity index is 1.95. The van der Waals surface area contributed by atoms with Crippen LogP contribution in [0.5, 0.6) is 5.88 Å². The summed E-state index contributed by atoms with van der Waals surface area (Å²) in [6, 6.07) is 3.73. The third kappa shape index (κ3) is 3.00. The molecule has 1 aliphatic rings. The number of hydrogen-bond acceptors (Lipinski definition) is 3. The third-order valence-corrected chi connectivity index (χ3v) is 3.51. The van der Waals surface area contributed by atoms with Gasteiger partial charge in [-0.15, -0.1) is 0 Å². The highest BCUT2D eigenvalue weighted by molar-refractivity contribution is 5.94. The van der Waals surface area contributed by atoms with E-state index in [9.17, 15) is 4.79 Å². The Hall–Kier alpha value is -1.58. The van der Waals surface area contributed by atoms with Crippen molar-refractivity contribution in [1.29, 1.82) is 0 Å². The van der Waals surface area contributed by atoms with E-state index in [1.54, 1.807) is 25.4 Å². The molecule has 98 valence electrons. The van der Waals surface area contributed by atoms with E-state index in [2.05, 4.69) is 24.1 Å². The van der Waals surface area contributed by atoms with Crippen molar-refractivity contribution in [3.05, 3.63) is 23.9 Å². The standard InChI is InChI=1S/C14H20N2O2/c1-14(2)7-6-11(8-14)16-13(17)10-4-5-12(18-3)15-9-10/h4-5,9,11H,6-8H2,1-3H3,(H,16,17). The van der Waals surface area contributed by atoms with E-state index in [0.717, 1.165) is 12.8 Å². The molecule has 1 atom stereocenters. The van der Waals surface area contributed by atoms with Gasteiger partial charge in [0.1, 0.15) is 0 Å². The fraction of sp³-hybridized carbons (Fsp3) is 0.571. The lowest BCUT2D eigenvalue weighted by Crippen LogP contribution is -2.33. The molecule has 0 saturated heterocycles. The van der Waals surface area contributed by atoms with Crippen LogP contribution in [0.4, 0.5) is 0 Å². The zero-order valence-electron chi connectivity index (χ0n) is 11.2. The van der Waals surface area contributed by atoms with Crippen molar-refractivity contribution in [2.24, 2.45) is 5.41 Å². The van der Waals surface area contributed by atoms with Gasteiger partial charge in [-0.05, 0) is 30.7 Å². The molecule has 1 N–H and O–H groups in total. The summed E-state index contributed by atoms with van der Waals surface area (Å²) in [6.07, 6.45) is 4.82. The Labute approximate surface area is 108 Å². The molecule has 18 heavy (non-hydrogen) atoms. The first kappa shape index (κ1) is 12.9. The van der Waals surface area contributed by atoms with Crippen LogP contribution in [-0.4, -0.2) is 24.0 Å². The third-order valence-electron chi connectivity index (χ3n) is 3.51. The van der Waals surface area contributed by atoms with Crippen molar-refractivity contribution < 1.29 is 9.53 Å². The van der Waals surface area contributed by atoms with E-state index in [0.29, 0.717) is 16.9 Å². The van der Waals surface area contributed by atoms with E-state index >= 15 is 0 Å². The molecule has 0 bridgehead atoms. The molecule has 0 aromatic carbocycles. The molecule has 0 radical (unpaired) electrons. The minimum Gasteiger partial charge on any atom is -0.481 e. The van der Waals surface area contributed by atoms with Gasteiger partial charge in [0, 0.05) is 18.3 Å². The fourth-order valence-corrected chi connectivity index (χ4v) is 2.46. The molecule has 0 aliphatic heterocycles. The summed E-state index contributed by atoms with van der Waals surface area (Å²) in [5.41, 5.74) is 0.927. The number of ether oxygens (including phenoxy) is 1. The van der Waals surface area contributed by atoms with Crippen molar-refractivity contribution in [1.82, 2.24) is 10.3 Å². The summed E-state index contributed by atoms with van der Waals surface area (Å²) in [6.45, 7) is 4.49. The molecule has 1 amide bonds. The highest BCUT2D eigenvalue weighted by Gasteiger charge is 2.31. The van der Waals surface area contributed by atoms with Crippen LogP contribution in [-0.2, 0) is 0 Å². The van der Waals surface area contributed by atoms with Gasteiger partial charge in [-0.1, -0.05) is 13.8 Å². The van der Waals surface area contributed by atoms with Crippen LogP contribution >= 0.6 is 0 Å². The average molecular weight is 248 g/mol. The van der Waals surface area contributed by atoms with Gasteiger partial charge in [-0.3, -0.25) is 4.79 Å². The van der Waals surface area contributed by atoms with E-state index in [1.165, 1.54) is 6.42 Å². The number of nitrogens with one attached hydrogen (secondary N) is 1. The normalized spacial score (nSPS) is 21.6. The summed E-state index contributed by atoms with van der Waals surface area (Å²) in [5, 5.41) is 3.07. The monoisotopic (exact) mass is 248 g/mol. The fourth-order valence-electron chi connectivity index (χ4n) is 2.46. The number of carbonyl (C=O) groups is 1. The van der Waals surface area contributed by atoms with Crippen LogP contribution in [0.25, 0.3) is 0 Å². The first-order chi connectivity index (χ1) is 8.50. The second kappa shape index (κ2) is 4.96. The van der Waals surface area contributed by atoms with Gasteiger partial charge in [-0.25, -0.2) is 4.98 Å². The molecular formula is C14H20N2O2. The van der Waals surface area contributed by atoms with E-state index in [4.69, 9.17) is 4.74 Å². The number of nitrogens with zero attached hydrogens (tertiary/aromatic N) is 1. The number of methoxy groups -OCH3 is 1. The Morgan fingerprint density at radius 3 is 2.78 bits per heavy atom. The maximum absolute atomic E-state index is 12.0. The Morgan fingerprint density at radius 1 is 1.50 bits per heavy atom. The second-order valence-corrected chi connectivity index (χ2v) is 5.67. The minimum absolute atomic E-state index is 0.0483. The summed E-state index contributed by atoms with van der Waals surface area (Å²) in [4.78, 5) is 16.1. The van der Waals surface area contributed by atoms with Crippen LogP contribution in [0.2, 0.25) is 0 Å². The van der Waals surface area contributed by atoms with Crippen molar-refractivity contribution in [2.45, 2.75) is 39.2 Å². The summed E-state index contributed by atoms with van der Waals surface area (Å²) in [7, 11) is 1.56. The van der Waals surface area contributed by atoms with Gasteiger partial charge < -0.3 is 10.1 Å². The van der Waals surface area contributed by atoms with E-state index in [1.807, 2.05) is 0 Å². The van der Waals surface area contributed by atoms with Crippen LogP contribution in [0.1, 0.15) is 43.5 Å². The zero-order valence-corrected chi connectivity index (χ0v) is 11.2. The second-order valence-electron chi connectivity index (χ2n) is 5.67. The van der Waals surface area contributed by atoms with Crippen LogP contribution in [0.3, 0.4) is 0 Å². The maximum Gasteiger partial charge on any atom is 0.253 e. The first-order valence-electron chi connectivity index (χ1n) is 6.31. The summed E-state index contributed by atoms with van der Waals surface area (Å²) >= 11 is 0. The number of rotatable bonds is 3. The molecule has 1 aromatic rings. The molecule has 2 rings (SSSR count). The Kier molecular flexibility index (Phi) is 3.55.